The smallest absolute Gasteiger partial charge is 0.253 e. The third kappa shape index (κ3) is 6.09. The number of rotatable bonds is 8. The molecule has 0 aliphatic heterocycles. The largest absolute Gasteiger partial charge is 0.346 e. The Hall–Kier alpha value is -4.17. The Morgan fingerprint density at radius 3 is 2.53 bits per heavy atom. The molecule has 0 radical (unpaired) electrons. The summed E-state index contributed by atoms with van der Waals surface area (Å²) in [6, 6.07) is 15.0. The molecule has 0 atom stereocenters. The fourth-order valence-corrected chi connectivity index (χ4v) is 3.83. The summed E-state index contributed by atoms with van der Waals surface area (Å²) in [5.41, 5.74) is 1.35. The van der Waals surface area contributed by atoms with Crippen LogP contribution in [0.4, 0.5) is 8.78 Å². The second-order valence-corrected chi connectivity index (χ2v) is 8.57. The monoisotopic (exact) mass is 506 g/mol. The molecule has 0 saturated heterocycles. The van der Waals surface area contributed by atoms with Gasteiger partial charge in [-0.3, -0.25) is 14.6 Å². The van der Waals surface area contributed by atoms with E-state index in [-0.39, 0.29) is 47.5 Å². The maximum absolute atomic E-state index is 14.8. The first-order valence-electron chi connectivity index (χ1n) is 11.0. The summed E-state index contributed by atoms with van der Waals surface area (Å²) in [5.74, 6) is -1.71. The molecule has 0 saturated carbocycles. The number of carbonyl (C=O) groups is 1. The van der Waals surface area contributed by atoms with Crippen molar-refractivity contribution in [2.75, 3.05) is 6.54 Å². The minimum atomic E-state index is -0.636. The molecule has 0 unspecified atom stereocenters. The molecule has 182 valence electrons. The van der Waals surface area contributed by atoms with E-state index < -0.39 is 17.5 Å². The third-order valence-electron chi connectivity index (χ3n) is 5.51. The van der Waals surface area contributed by atoms with E-state index in [9.17, 15) is 18.4 Å². The summed E-state index contributed by atoms with van der Waals surface area (Å²) in [5, 5.41) is 11.3. The van der Waals surface area contributed by atoms with Gasteiger partial charge >= 0.3 is 0 Å². The molecule has 9 heteroatoms. The van der Waals surface area contributed by atoms with E-state index in [1.807, 2.05) is 0 Å². The fraction of sp³-hybridized carbons (Fsp3) is 0.111. The second kappa shape index (κ2) is 11.0. The standard InChI is InChI=1S/C27H21ClF2N4O2/c28-22-5-3-4-18(10-22)25(31)15-33-27(36)20-9-17(13-32-14-20)8-19-11-24(30)21(12-23(19)29)16-34-7-2-1-6-26(34)35/h1-7,9-14,31H,8,15-16H2,(H,33,36). The number of nitrogens with one attached hydrogen (secondary N) is 2. The lowest BCUT2D eigenvalue weighted by atomic mass is 10.0. The van der Waals surface area contributed by atoms with Gasteiger partial charge in [0.25, 0.3) is 11.5 Å². The molecule has 0 bridgehead atoms. The summed E-state index contributed by atoms with van der Waals surface area (Å²) in [4.78, 5) is 28.5. The minimum absolute atomic E-state index is 0.0147. The van der Waals surface area contributed by atoms with Gasteiger partial charge in [-0.2, -0.15) is 0 Å². The van der Waals surface area contributed by atoms with Crippen molar-refractivity contribution >= 4 is 23.2 Å². The zero-order valence-corrected chi connectivity index (χ0v) is 19.7. The number of hydrogen-bond acceptors (Lipinski definition) is 4. The van der Waals surface area contributed by atoms with Gasteiger partial charge < -0.3 is 15.3 Å². The average molecular weight is 507 g/mol. The molecule has 4 aromatic rings. The van der Waals surface area contributed by atoms with Crippen LogP contribution in [0.2, 0.25) is 5.02 Å². The molecule has 2 aromatic carbocycles. The molecule has 0 spiro atoms. The first kappa shape index (κ1) is 24.9. The Morgan fingerprint density at radius 2 is 1.75 bits per heavy atom. The molecule has 0 aliphatic rings. The van der Waals surface area contributed by atoms with Crippen molar-refractivity contribution in [1.29, 1.82) is 5.41 Å². The molecule has 1 amide bonds. The lowest BCUT2D eigenvalue weighted by Crippen LogP contribution is -2.29. The lowest BCUT2D eigenvalue weighted by Gasteiger charge is -2.11. The Kier molecular flexibility index (Phi) is 7.65. The molecule has 0 fully saturated rings. The Morgan fingerprint density at radius 1 is 0.972 bits per heavy atom. The number of benzene rings is 2. The number of amides is 1. The average Bonchev–Trinajstić information content (AvgIpc) is 2.87. The minimum Gasteiger partial charge on any atom is -0.346 e. The zero-order chi connectivity index (χ0) is 25.7. The molecule has 4 rings (SSSR count). The van der Waals surface area contributed by atoms with Crippen molar-refractivity contribution in [3.8, 4) is 0 Å². The van der Waals surface area contributed by atoms with E-state index in [0.29, 0.717) is 16.1 Å². The van der Waals surface area contributed by atoms with E-state index in [2.05, 4.69) is 10.3 Å². The molecule has 36 heavy (non-hydrogen) atoms. The summed E-state index contributed by atoms with van der Waals surface area (Å²) in [6.07, 6.45) is 4.35. The number of nitrogens with zero attached hydrogens (tertiary/aromatic N) is 2. The molecule has 6 nitrogen and oxygen atoms in total. The number of aromatic nitrogens is 2. The van der Waals surface area contributed by atoms with E-state index in [1.165, 1.54) is 29.2 Å². The Labute approximate surface area is 210 Å². The summed E-state index contributed by atoms with van der Waals surface area (Å²) >= 11 is 5.95. The van der Waals surface area contributed by atoms with Crippen LogP contribution in [0.1, 0.15) is 32.6 Å². The van der Waals surface area contributed by atoms with Gasteiger partial charge in [0, 0.05) is 41.7 Å². The topological polar surface area (TPSA) is 87.8 Å². The predicted molar refractivity (Wildman–Crippen MR) is 134 cm³/mol. The maximum Gasteiger partial charge on any atom is 0.253 e. The van der Waals surface area contributed by atoms with Crippen molar-refractivity contribution in [3.05, 3.63) is 134 Å². The molecule has 0 aliphatic carbocycles. The summed E-state index contributed by atoms with van der Waals surface area (Å²) < 4.78 is 30.8. The first-order chi connectivity index (χ1) is 17.3. The third-order valence-corrected chi connectivity index (χ3v) is 5.74. The predicted octanol–water partition coefficient (Wildman–Crippen LogP) is 4.61. The van der Waals surface area contributed by atoms with Gasteiger partial charge in [0.2, 0.25) is 0 Å². The van der Waals surface area contributed by atoms with Gasteiger partial charge in [-0.1, -0.05) is 29.8 Å². The highest BCUT2D eigenvalue weighted by atomic mass is 35.5. The van der Waals surface area contributed by atoms with E-state index >= 15 is 0 Å². The second-order valence-electron chi connectivity index (χ2n) is 8.13. The van der Waals surface area contributed by atoms with Gasteiger partial charge in [0.15, 0.2) is 0 Å². The summed E-state index contributed by atoms with van der Waals surface area (Å²) in [6.45, 7) is -0.112. The van der Waals surface area contributed by atoms with Crippen molar-refractivity contribution < 1.29 is 13.6 Å². The van der Waals surface area contributed by atoms with Crippen LogP contribution in [0.3, 0.4) is 0 Å². The van der Waals surface area contributed by atoms with Gasteiger partial charge in [-0.25, -0.2) is 8.78 Å². The van der Waals surface area contributed by atoms with E-state index in [1.54, 1.807) is 42.5 Å². The quantitative estimate of drug-likeness (QED) is 0.342. The molecular weight excluding hydrogens is 486 g/mol. The number of carbonyl (C=O) groups excluding carboxylic acids is 1. The lowest BCUT2D eigenvalue weighted by molar-refractivity contribution is 0.0959. The van der Waals surface area contributed by atoms with Crippen molar-refractivity contribution in [2.45, 2.75) is 13.0 Å². The van der Waals surface area contributed by atoms with Crippen LogP contribution in [0.15, 0.2) is 84.0 Å². The first-order valence-corrected chi connectivity index (χ1v) is 11.4. The van der Waals surface area contributed by atoms with E-state index in [4.69, 9.17) is 17.0 Å². The highest BCUT2D eigenvalue weighted by molar-refractivity contribution is 6.31. The van der Waals surface area contributed by atoms with Crippen molar-refractivity contribution in [2.24, 2.45) is 0 Å². The SMILES string of the molecule is N=C(CNC(=O)c1cncc(Cc2cc(F)c(Cn3ccccc3=O)cc2F)c1)c1cccc(Cl)c1. The highest BCUT2D eigenvalue weighted by Crippen LogP contribution is 2.19. The molecule has 2 aromatic heterocycles. The van der Waals surface area contributed by atoms with Crippen LogP contribution >= 0.6 is 11.6 Å². The van der Waals surface area contributed by atoms with Crippen LogP contribution in [0.25, 0.3) is 0 Å². The zero-order valence-electron chi connectivity index (χ0n) is 19.0. The molecular formula is C27H21ClF2N4O2. The van der Waals surface area contributed by atoms with Gasteiger partial charge in [0.05, 0.1) is 24.4 Å². The summed E-state index contributed by atoms with van der Waals surface area (Å²) in [7, 11) is 0. The normalized spacial score (nSPS) is 10.8. The van der Waals surface area contributed by atoms with Crippen LogP contribution in [0, 0.1) is 17.0 Å². The molecule has 2 heterocycles. The van der Waals surface area contributed by atoms with Crippen LogP contribution in [0.5, 0.6) is 0 Å². The van der Waals surface area contributed by atoms with Crippen LogP contribution in [-0.4, -0.2) is 27.7 Å². The maximum atomic E-state index is 14.8. The number of halogens is 3. The fourth-order valence-electron chi connectivity index (χ4n) is 3.64. The Bertz CT molecular complexity index is 1500. The Balaban J connectivity index is 1.44. The van der Waals surface area contributed by atoms with Gasteiger partial charge in [-0.05, 0) is 53.1 Å². The molecule has 2 N–H and O–H groups in total. The van der Waals surface area contributed by atoms with Gasteiger partial charge in [0.1, 0.15) is 11.6 Å². The number of hydrogen-bond donors (Lipinski definition) is 2. The van der Waals surface area contributed by atoms with Crippen molar-refractivity contribution in [3.63, 3.8) is 0 Å². The van der Waals surface area contributed by atoms with E-state index in [0.717, 1.165) is 12.1 Å². The van der Waals surface area contributed by atoms with Crippen molar-refractivity contribution in [1.82, 2.24) is 14.9 Å². The van der Waals surface area contributed by atoms with Crippen LogP contribution < -0.4 is 10.9 Å². The van der Waals surface area contributed by atoms with Crippen LogP contribution in [-0.2, 0) is 13.0 Å². The van der Waals surface area contributed by atoms with Gasteiger partial charge in [-0.15, -0.1) is 0 Å². The highest BCUT2D eigenvalue weighted by Gasteiger charge is 2.14. The number of pyridine rings is 2.